The van der Waals surface area contributed by atoms with E-state index in [4.69, 9.17) is 15.6 Å². The minimum atomic E-state index is -5.08. The average molecular weight is 306 g/mol. The van der Waals surface area contributed by atoms with Crippen LogP contribution in [0.15, 0.2) is 18.2 Å². The molecular formula is C11H9F3N2O3S. The van der Waals surface area contributed by atoms with Crippen LogP contribution in [-0.2, 0) is 4.79 Å². The summed E-state index contributed by atoms with van der Waals surface area (Å²) in [5.74, 6) is -3.22. The molecule has 1 heterocycles. The van der Waals surface area contributed by atoms with Crippen molar-refractivity contribution in [3.63, 3.8) is 0 Å². The Morgan fingerprint density at radius 3 is 2.35 bits per heavy atom. The topological polar surface area (TPSA) is 93.3 Å². The highest BCUT2D eigenvalue weighted by Crippen LogP contribution is 2.22. The Kier molecular flexibility index (Phi) is 4.66. The van der Waals surface area contributed by atoms with Gasteiger partial charge in [0.2, 0.25) is 0 Å². The molecule has 0 saturated carbocycles. The number of carbonyl (C=O) groups is 2. The molecule has 0 bridgehead atoms. The molecule has 2 aromatic rings. The lowest BCUT2D eigenvalue weighted by Gasteiger charge is -1.93. The van der Waals surface area contributed by atoms with E-state index >= 15 is 0 Å². The van der Waals surface area contributed by atoms with Gasteiger partial charge in [-0.3, -0.25) is 4.79 Å². The second-order valence-electron chi connectivity index (χ2n) is 3.66. The Bertz CT molecular complexity index is 652. The fourth-order valence-electron chi connectivity index (χ4n) is 1.14. The standard InChI is InChI=1S/C9H8N2OS.C2HF3O2/c1-5-2-3-6-7(4-5)13-9(11-6)8(10)12;3-2(4,5)1(6)7/h2-4H,1H3,(H2,10,12);(H,6,7). The number of nitrogens with two attached hydrogens (primary N) is 1. The highest BCUT2D eigenvalue weighted by atomic mass is 32.1. The number of carbonyl (C=O) groups excluding carboxylic acids is 1. The highest BCUT2D eigenvalue weighted by Gasteiger charge is 2.38. The zero-order valence-electron chi connectivity index (χ0n) is 10.1. The number of rotatable bonds is 1. The van der Waals surface area contributed by atoms with E-state index in [0.717, 1.165) is 15.8 Å². The molecule has 1 aromatic heterocycles. The number of amides is 1. The van der Waals surface area contributed by atoms with Gasteiger partial charge in [-0.25, -0.2) is 9.78 Å². The number of hydrogen-bond acceptors (Lipinski definition) is 4. The van der Waals surface area contributed by atoms with E-state index in [1.54, 1.807) is 0 Å². The van der Waals surface area contributed by atoms with E-state index < -0.39 is 18.1 Å². The van der Waals surface area contributed by atoms with Crippen molar-refractivity contribution in [1.82, 2.24) is 4.98 Å². The van der Waals surface area contributed by atoms with E-state index in [9.17, 15) is 18.0 Å². The van der Waals surface area contributed by atoms with Crippen molar-refractivity contribution in [2.45, 2.75) is 13.1 Å². The summed E-state index contributed by atoms with van der Waals surface area (Å²) in [5.41, 5.74) is 7.12. The molecule has 2 rings (SSSR count). The summed E-state index contributed by atoms with van der Waals surface area (Å²) in [6.45, 7) is 2.00. The first-order chi connectivity index (χ1) is 9.11. The summed E-state index contributed by atoms with van der Waals surface area (Å²) in [6, 6.07) is 5.86. The third kappa shape index (κ3) is 4.19. The van der Waals surface area contributed by atoms with Crippen molar-refractivity contribution < 1.29 is 27.9 Å². The van der Waals surface area contributed by atoms with Crippen LogP contribution in [0, 0.1) is 6.92 Å². The van der Waals surface area contributed by atoms with Crippen LogP contribution in [0.3, 0.4) is 0 Å². The van der Waals surface area contributed by atoms with E-state index in [1.807, 2.05) is 25.1 Å². The number of carboxylic acid groups (broad SMARTS) is 1. The van der Waals surface area contributed by atoms with Crippen LogP contribution >= 0.6 is 11.3 Å². The number of halogens is 3. The summed E-state index contributed by atoms with van der Waals surface area (Å²) in [5, 5.41) is 7.50. The van der Waals surface area contributed by atoms with Gasteiger partial charge in [0.15, 0.2) is 5.01 Å². The Hall–Kier alpha value is -2.16. The summed E-state index contributed by atoms with van der Waals surface area (Å²) < 4.78 is 32.7. The van der Waals surface area contributed by atoms with Gasteiger partial charge in [-0.2, -0.15) is 13.2 Å². The summed E-state index contributed by atoms with van der Waals surface area (Å²) in [4.78, 5) is 23.8. The molecule has 0 atom stereocenters. The van der Waals surface area contributed by atoms with Gasteiger partial charge in [0, 0.05) is 0 Å². The van der Waals surface area contributed by atoms with Gasteiger partial charge in [0.05, 0.1) is 10.2 Å². The maximum atomic E-state index is 10.8. The molecule has 3 N–H and O–H groups in total. The number of primary amides is 1. The molecule has 9 heteroatoms. The lowest BCUT2D eigenvalue weighted by atomic mass is 10.2. The predicted molar refractivity (Wildman–Crippen MR) is 66.6 cm³/mol. The Morgan fingerprint density at radius 2 is 1.90 bits per heavy atom. The second kappa shape index (κ2) is 5.87. The van der Waals surface area contributed by atoms with Gasteiger partial charge in [-0.05, 0) is 24.6 Å². The molecule has 108 valence electrons. The van der Waals surface area contributed by atoms with Crippen LogP contribution in [0.1, 0.15) is 15.4 Å². The fraction of sp³-hybridized carbons (Fsp3) is 0.182. The van der Waals surface area contributed by atoms with E-state index in [1.165, 1.54) is 11.3 Å². The molecule has 0 aliphatic carbocycles. The molecule has 0 unspecified atom stereocenters. The number of benzene rings is 1. The normalized spacial score (nSPS) is 10.8. The molecular weight excluding hydrogens is 297 g/mol. The van der Waals surface area contributed by atoms with Crippen molar-refractivity contribution in [3.05, 3.63) is 28.8 Å². The molecule has 0 aliphatic heterocycles. The number of alkyl halides is 3. The number of nitrogens with zero attached hydrogens (tertiary/aromatic N) is 1. The average Bonchev–Trinajstić information content (AvgIpc) is 2.71. The molecule has 0 spiro atoms. The van der Waals surface area contributed by atoms with Crippen molar-refractivity contribution in [1.29, 1.82) is 0 Å². The zero-order chi connectivity index (χ0) is 15.5. The van der Waals surface area contributed by atoms with Gasteiger partial charge in [-0.15, -0.1) is 11.3 Å². The molecule has 0 saturated heterocycles. The van der Waals surface area contributed by atoms with Crippen LogP contribution in [0.5, 0.6) is 0 Å². The first-order valence-electron chi connectivity index (χ1n) is 5.08. The van der Waals surface area contributed by atoms with Crippen LogP contribution in [-0.4, -0.2) is 28.1 Å². The van der Waals surface area contributed by atoms with Gasteiger partial charge in [-0.1, -0.05) is 6.07 Å². The van der Waals surface area contributed by atoms with Crippen molar-refractivity contribution in [2.75, 3.05) is 0 Å². The lowest BCUT2D eigenvalue weighted by Crippen LogP contribution is -2.21. The largest absolute Gasteiger partial charge is 0.490 e. The zero-order valence-corrected chi connectivity index (χ0v) is 10.9. The van der Waals surface area contributed by atoms with Crippen LogP contribution in [0.2, 0.25) is 0 Å². The van der Waals surface area contributed by atoms with Crippen LogP contribution < -0.4 is 5.73 Å². The summed E-state index contributed by atoms with van der Waals surface area (Å²) in [6.07, 6.45) is -5.08. The van der Waals surface area contributed by atoms with Gasteiger partial charge >= 0.3 is 12.1 Å². The third-order valence-electron chi connectivity index (χ3n) is 2.00. The number of hydrogen-bond donors (Lipinski definition) is 2. The lowest BCUT2D eigenvalue weighted by molar-refractivity contribution is -0.192. The van der Waals surface area contributed by atoms with Gasteiger partial charge in [0.1, 0.15) is 0 Å². The fourth-order valence-corrected chi connectivity index (χ4v) is 2.05. The minimum Gasteiger partial charge on any atom is -0.475 e. The number of carboxylic acids is 1. The number of aromatic nitrogens is 1. The van der Waals surface area contributed by atoms with Gasteiger partial charge in [0.25, 0.3) is 5.91 Å². The molecule has 1 aromatic carbocycles. The third-order valence-corrected chi connectivity index (χ3v) is 3.03. The number of thiazole rings is 1. The Labute approximate surface area is 114 Å². The van der Waals surface area contributed by atoms with Crippen molar-refractivity contribution in [2.24, 2.45) is 5.73 Å². The Morgan fingerprint density at radius 1 is 1.35 bits per heavy atom. The predicted octanol–water partition coefficient (Wildman–Crippen LogP) is 2.34. The molecule has 0 fully saturated rings. The number of aryl methyl sites for hydroxylation is 1. The molecule has 20 heavy (non-hydrogen) atoms. The smallest absolute Gasteiger partial charge is 0.475 e. The molecule has 1 amide bonds. The molecule has 0 aliphatic rings. The minimum absolute atomic E-state index is 0.376. The van der Waals surface area contributed by atoms with Gasteiger partial charge < -0.3 is 10.8 Å². The number of fused-ring (bicyclic) bond motifs is 1. The van der Waals surface area contributed by atoms with Crippen LogP contribution in [0.4, 0.5) is 13.2 Å². The molecule has 5 nitrogen and oxygen atoms in total. The highest BCUT2D eigenvalue weighted by molar-refractivity contribution is 7.20. The van der Waals surface area contributed by atoms with Crippen LogP contribution in [0.25, 0.3) is 10.2 Å². The van der Waals surface area contributed by atoms with Crippen molar-refractivity contribution >= 4 is 33.4 Å². The van der Waals surface area contributed by atoms with E-state index in [2.05, 4.69) is 4.98 Å². The first kappa shape index (κ1) is 15.9. The van der Waals surface area contributed by atoms with Crippen molar-refractivity contribution in [3.8, 4) is 0 Å². The maximum Gasteiger partial charge on any atom is 0.490 e. The quantitative estimate of drug-likeness (QED) is 0.845. The molecule has 0 radical (unpaired) electrons. The Balaban J connectivity index is 0.000000246. The monoisotopic (exact) mass is 306 g/mol. The first-order valence-corrected chi connectivity index (χ1v) is 5.90. The maximum absolute atomic E-state index is 10.8. The number of aliphatic carboxylic acids is 1. The summed E-state index contributed by atoms with van der Waals surface area (Å²) in [7, 11) is 0. The van der Waals surface area contributed by atoms with E-state index in [0.29, 0.717) is 5.01 Å². The second-order valence-corrected chi connectivity index (χ2v) is 4.69. The van der Waals surface area contributed by atoms with E-state index in [-0.39, 0.29) is 0 Å². The SMILES string of the molecule is Cc1ccc2nc(C(N)=O)sc2c1.O=C(O)C(F)(F)F. The summed E-state index contributed by atoms with van der Waals surface area (Å²) >= 11 is 1.33.